The van der Waals surface area contributed by atoms with Gasteiger partial charge in [0.25, 0.3) is 0 Å². The standard InChI is InChI=1S/C27H48O10/c1-2-3-4-5-6-7-8-9-10-11-12-13-14-15-16-17-18-36-23(30)19-27(35,26(33)34)20-24(31)37-25(32)22(29)21-28/h22,28-29,35H,2-21H2,1H3,(H,33,34). The zero-order valence-corrected chi connectivity index (χ0v) is 22.5. The van der Waals surface area contributed by atoms with E-state index < -0.39 is 55.0 Å². The Morgan fingerprint density at radius 1 is 0.703 bits per heavy atom. The molecule has 2 atom stereocenters. The molecule has 0 aliphatic carbocycles. The zero-order valence-electron chi connectivity index (χ0n) is 22.5. The number of carboxylic acid groups (broad SMARTS) is 1. The molecule has 10 nitrogen and oxygen atoms in total. The lowest BCUT2D eigenvalue weighted by Crippen LogP contribution is -2.44. The van der Waals surface area contributed by atoms with Crippen molar-refractivity contribution >= 4 is 23.9 Å². The van der Waals surface area contributed by atoms with Gasteiger partial charge in [0.15, 0.2) is 11.7 Å². The number of aliphatic carboxylic acids is 1. The number of esters is 3. The predicted molar refractivity (Wildman–Crippen MR) is 137 cm³/mol. The third-order valence-corrected chi connectivity index (χ3v) is 6.19. The van der Waals surface area contributed by atoms with E-state index in [1.165, 1.54) is 77.0 Å². The Balaban J connectivity index is 3.84. The van der Waals surface area contributed by atoms with Crippen LogP contribution < -0.4 is 0 Å². The summed E-state index contributed by atoms with van der Waals surface area (Å²) >= 11 is 0. The lowest BCUT2D eigenvalue weighted by atomic mass is 9.96. The van der Waals surface area contributed by atoms with E-state index in [1.807, 2.05) is 0 Å². The van der Waals surface area contributed by atoms with Crippen LogP contribution in [0.2, 0.25) is 0 Å². The van der Waals surface area contributed by atoms with Gasteiger partial charge < -0.3 is 29.9 Å². The third-order valence-electron chi connectivity index (χ3n) is 6.19. The van der Waals surface area contributed by atoms with Crippen molar-refractivity contribution in [3.63, 3.8) is 0 Å². The van der Waals surface area contributed by atoms with E-state index in [4.69, 9.17) is 14.9 Å². The van der Waals surface area contributed by atoms with Gasteiger partial charge in [0, 0.05) is 0 Å². The molecule has 0 rings (SSSR count). The van der Waals surface area contributed by atoms with Crippen LogP contribution in [0.15, 0.2) is 0 Å². The fourth-order valence-electron chi connectivity index (χ4n) is 3.87. The first-order valence-corrected chi connectivity index (χ1v) is 13.8. The van der Waals surface area contributed by atoms with Crippen molar-refractivity contribution in [1.82, 2.24) is 0 Å². The average molecular weight is 533 g/mol. The first-order valence-electron chi connectivity index (χ1n) is 13.8. The van der Waals surface area contributed by atoms with E-state index in [2.05, 4.69) is 11.7 Å². The van der Waals surface area contributed by atoms with E-state index >= 15 is 0 Å². The quantitative estimate of drug-likeness (QED) is 0.0815. The summed E-state index contributed by atoms with van der Waals surface area (Å²) in [5.41, 5.74) is -2.83. The molecule has 10 heteroatoms. The molecule has 37 heavy (non-hydrogen) atoms. The van der Waals surface area contributed by atoms with Gasteiger partial charge in [0.1, 0.15) is 0 Å². The first-order chi connectivity index (χ1) is 17.7. The second-order valence-electron chi connectivity index (χ2n) is 9.71. The number of carbonyl (C=O) groups excluding carboxylic acids is 3. The number of carbonyl (C=O) groups is 4. The van der Waals surface area contributed by atoms with Crippen molar-refractivity contribution < 1.29 is 49.1 Å². The van der Waals surface area contributed by atoms with Crippen molar-refractivity contribution in [2.45, 2.75) is 134 Å². The molecule has 4 N–H and O–H groups in total. The summed E-state index contributed by atoms with van der Waals surface area (Å²) in [6.07, 6.45) is 15.1. The van der Waals surface area contributed by atoms with Crippen LogP contribution in [-0.4, -0.2) is 69.2 Å². The molecular weight excluding hydrogens is 484 g/mol. The summed E-state index contributed by atoms with van der Waals surface area (Å²) < 4.78 is 9.14. The molecule has 2 unspecified atom stereocenters. The Hall–Kier alpha value is -2.04. The normalized spacial score (nSPS) is 13.5. The van der Waals surface area contributed by atoms with Crippen LogP contribution in [0.3, 0.4) is 0 Å². The molecule has 0 radical (unpaired) electrons. The van der Waals surface area contributed by atoms with E-state index in [9.17, 15) is 29.4 Å². The molecule has 0 aromatic rings. The number of unbranched alkanes of at least 4 members (excludes halogenated alkanes) is 15. The maximum absolute atomic E-state index is 11.9. The van der Waals surface area contributed by atoms with Gasteiger partial charge in [-0.1, -0.05) is 103 Å². The molecule has 216 valence electrons. The van der Waals surface area contributed by atoms with Gasteiger partial charge in [-0.05, 0) is 6.42 Å². The Bertz CT molecular complexity index is 651. The summed E-state index contributed by atoms with van der Waals surface area (Å²) in [5.74, 6) is -5.82. The molecule has 0 amide bonds. The zero-order chi connectivity index (χ0) is 27.9. The van der Waals surface area contributed by atoms with E-state index in [-0.39, 0.29) is 6.61 Å². The fraction of sp³-hybridized carbons (Fsp3) is 0.852. The number of carboxylic acids is 1. The highest BCUT2D eigenvalue weighted by Crippen LogP contribution is 2.19. The van der Waals surface area contributed by atoms with Gasteiger partial charge in [0.05, 0.1) is 26.1 Å². The number of rotatable bonds is 24. The highest BCUT2D eigenvalue weighted by atomic mass is 16.6. The number of aliphatic hydroxyl groups excluding tert-OH is 2. The van der Waals surface area contributed by atoms with Crippen molar-refractivity contribution in [1.29, 1.82) is 0 Å². The number of hydrogen-bond acceptors (Lipinski definition) is 9. The maximum atomic E-state index is 11.9. The highest BCUT2D eigenvalue weighted by Gasteiger charge is 2.42. The molecule has 0 saturated carbocycles. The van der Waals surface area contributed by atoms with Crippen LogP contribution in [0.5, 0.6) is 0 Å². The average Bonchev–Trinajstić information content (AvgIpc) is 2.84. The van der Waals surface area contributed by atoms with Gasteiger partial charge in [0.2, 0.25) is 0 Å². The van der Waals surface area contributed by atoms with Crippen molar-refractivity contribution in [3.05, 3.63) is 0 Å². The minimum absolute atomic E-state index is 0.0681. The number of ether oxygens (including phenoxy) is 2. The van der Waals surface area contributed by atoms with Crippen molar-refractivity contribution in [2.75, 3.05) is 13.2 Å². The molecule has 0 aromatic carbocycles. The van der Waals surface area contributed by atoms with Gasteiger partial charge in [-0.2, -0.15) is 0 Å². The van der Waals surface area contributed by atoms with Gasteiger partial charge in [-0.15, -0.1) is 0 Å². The Morgan fingerprint density at radius 3 is 1.51 bits per heavy atom. The number of hydrogen-bond donors (Lipinski definition) is 4. The summed E-state index contributed by atoms with van der Waals surface area (Å²) in [6, 6.07) is 0. The minimum Gasteiger partial charge on any atom is -0.479 e. The minimum atomic E-state index is -2.83. The van der Waals surface area contributed by atoms with E-state index in [0.29, 0.717) is 6.42 Å². The Morgan fingerprint density at radius 2 is 1.11 bits per heavy atom. The molecule has 0 heterocycles. The monoisotopic (exact) mass is 532 g/mol. The summed E-state index contributed by atoms with van der Waals surface area (Å²) in [4.78, 5) is 46.3. The van der Waals surface area contributed by atoms with Gasteiger partial charge >= 0.3 is 23.9 Å². The number of aliphatic hydroxyl groups is 3. The summed E-state index contributed by atoms with van der Waals surface area (Å²) in [5, 5.41) is 37.1. The van der Waals surface area contributed by atoms with Gasteiger partial charge in [-0.25, -0.2) is 9.59 Å². The molecule has 0 aliphatic rings. The molecular formula is C27H48O10. The topological polar surface area (TPSA) is 168 Å². The van der Waals surface area contributed by atoms with Crippen LogP contribution in [0.1, 0.15) is 122 Å². The SMILES string of the molecule is CCCCCCCCCCCCCCCCCCOC(=O)CC(O)(CC(=O)OC(=O)C(O)CO)C(=O)O. The lowest BCUT2D eigenvalue weighted by Gasteiger charge is -2.21. The van der Waals surface area contributed by atoms with E-state index in [1.54, 1.807) is 0 Å². The molecule has 0 spiro atoms. The highest BCUT2D eigenvalue weighted by molar-refractivity contribution is 5.93. The van der Waals surface area contributed by atoms with Crippen LogP contribution >= 0.6 is 0 Å². The first kappa shape index (κ1) is 35.0. The Labute approximate surface area is 220 Å². The molecule has 0 aliphatic heterocycles. The second kappa shape index (κ2) is 22.0. The fourth-order valence-corrected chi connectivity index (χ4v) is 3.87. The smallest absolute Gasteiger partial charge is 0.345 e. The van der Waals surface area contributed by atoms with Crippen LogP contribution in [0.25, 0.3) is 0 Å². The van der Waals surface area contributed by atoms with Crippen molar-refractivity contribution in [2.24, 2.45) is 0 Å². The predicted octanol–water partition coefficient (Wildman–Crippen LogP) is 3.81. The van der Waals surface area contributed by atoms with Crippen LogP contribution in [0.4, 0.5) is 0 Å². The van der Waals surface area contributed by atoms with Crippen LogP contribution in [-0.2, 0) is 28.7 Å². The maximum Gasteiger partial charge on any atom is 0.345 e. The van der Waals surface area contributed by atoms with Crippen LogP contribution in [0, 0.1) is 0 Å². The second-order valence-corrected chi connectivity index (χ2v) is 9.71. The molecule has 0 saturated heterocycles. The molecule has 0 fully saturated rings. The largest absolute Gasteiger partial charge is 0.479 e. The molecule has 0 bridgehead atoms. The third kappa shape index (κ3) is 18.8. The lowest BCUT2D eigenvalue weighted by molar-refractivity contribution is -0.178. The van der Waals surface area contributed by atoms with Crippen molar-refractivity contribution in [3.8, 4) is 0 Å². The van der Waals surface area contributed by atoms with Gasteiger partial charge in [-0.3, -0.25) is 9.59 Å². The summed E-state index contributed by atoms with van der Waals surface area (Å²) in [7, 11) is 0. The summed E-state index contributed by atoms with van der Waals surface area (Å²) in [6.45, 7) is 1.31. The Kier molecular flexibility index (Phi) is 20.8. The van der Waals surface area contributed by atoms with E-state index in [0.717, 1.165) is 19.3 Å². The molecule has 0 aromatic heterocycles.